The van der Waals surface area contributed by atoms with Crippen LogP contribution in [0.3, 0.4) is 0 Å². The van der Waals surface area contributed by atoms with Crippen molar-refractivity contribution in [2.24, 2.45) is 0 Å². The Balaban J connectivity index is 1.67. The zero-order valence-corrected chi connectivity index (χ0v) is 20.9. The third-order valence-electron chi connectivity index (χ3n) is 5.53. The van der Waals surface area contributed by atoms with Crippen molar-refractivity contribution in [3.63, 3.8) is 0 Å². The van der Waals surface area contributed by atoms with Gasteiger partial charge in [-0.1, -0.05) is 42.5 Å². The molecule has 41 heavy (non-hydrogen) atoms. The van der Waals surface area contributed by atoms with Crippen LogP contribution in [0.25, 0.3) is 6.08 Å². The van der Waals surface area contributed by atoms with E-state index in [4.69, 9.17) is 4.74 Å². The van der Waals surface area contributed by atoms with Crippen molar-refractivity contribution in [3.05, 3.63) is 125 Å². The number of amides is 2. The van der Waals surface area contributed by atoms with E-state index < -0.39 is 40.9 Å². The number of ether oxygens (including phenoxy) is 1. The number of halogens is 6. The number of anilines is 2. The van der Waals surface area contributed by atoms with Gasteiger partial charge in [-0.3, -0.25) is 9.59 Å². The smallest absolute Gasteiger partial charge is 0.416 e. The Hall–Kier alpha value is -5.06. The molecular weight excluding hydrogens is 550 g/mol. The largest absolute Gasteiger partial charge is 0.457 e. The van der Waals surface area contributed by atoms with Crippen molar-refractivity contribution in [1.29, 1.82) is 0 Å². The van der Waals surface area contributed by atoms with Crippen LogP contribution in [0.4, 0.5) is 37.7 Å². The maximum absolute atomic E-state index is 13.2. The van der Waals surface area contributed by atoms with Crippen molar-refractivity contribution in [1.82, 2.24) is 0 Å². The summed E-state index contributed by atoms with van der Waals surface area (Å²) < 4.78 is 84.7. The second-order valence-corrected chi connectivity index (χ2v) is 8.61. The number of hydrogen-bond donors (Lipinski definition) is 2. The standard InChI is InChI=1S/C30H20F6N2O3/c31-29(32,33)20-8-5-10-22(17-20)37-27(39)26(28(40)38-23-11-6-9-21(18-23)30(34,35)36)16-19-7-4-14-25(15-19)41-24-12-2-1-3-13-24/h1-18H,(H,37,39)(H,38,40). The van der Waals surface area contributed by atoms with Crippen molar-refractivity contribution >= 4 is 29.3 Å². The van der Waals surface area contributed by atoms with E-state index in [2.05, 4.69) is 10.6 Å². The summed E-state index contributed by atoms with van der Waals surface area (Å²) in [5.41, 5.74) is -2.84. The fraction of sp³-hybridized carbons (Fsp3) is 0.0667. The zero-order chi connectivity index (χ0) is 29.6. The first-order valence-electron chi connectivity index (χ1n) is 11.9. The minimum atomic E-state index is -4.68. The summed E-state index contributed by atoms with van der Waals surface area (Å²) in [5.74, 6) is -1.33. The molecule has 11 heteroatoms. The molecule has 0 fully saturated rings. The summed E-state index contributed by atoms with van der Waals surface area (Å²) >= 11 is 0. The van der Waals surface area contributed by atoms with Gasteiger partial charge in [0.2, 0.25) is 0 Å². The van der Waals surface area contributed by atoms with Crippen LogP contribution >= 0.6 is 0 Å². The highest BCUT2D eigenvalue weighted by atomic mass is 19.4. The van der Waals surface area contributed by atoms with E-state index in [1.807, 2.05) is 0 Å². The SMILES string of the molecule is O=C(Nc1cccc(C(F)(F)F)c1)C(=Cc1cccc(Oc2ccccc2)c1)C(=O)Nc1cccc(C(F)(F)F)c1. The topological polar surface area (TPSA) is 67.4 Å². The molecule has 0 spiro atoms. The number of alkyl halides is 6. The van der Waals surface area contributed by atoms with Crippen LogP contribution in [0.15, 0.2) is 109 Å². The van der Waals surface area contributed by atoms with E-state index >= 15 is 0 Å². The lowest BCUT2D eigenvalue weighted by atomic mass is 10.1. The van der Waals surface area contributed by atoms with E-state index in [-0.39, 0.29) is 11.4 Å². The van der Waals surface area contributed by atoms with Gasteiger partial charge >= 0.3 is 12.4 Å². The van der Waals surface area contributed by atoms with Gasteiger partial charge in [-0.2, -0.15) is 26.3 Å². The fourth-order valence-electron chi connectivity index (χ4n) is 3.64. The molecule has 0 aromatic heterocycles. The van der Waals surface area contributed by atoms with Crippen LogP contribution in [0.5, 0.6) is 11.5 Å². The Morgan fingerprint density at radius 3 is 1.59 bits per heavy atom. The molecule has 0 atom stereocenters. The summed E-state index contributed by atoms with van der Waals surface area (Å²) in [6.07, 6.45) is -8.22. The van der Waals surface area contributed by atoms with Crippen LogP contribution in [0.2, 0.25) is 0 Å². The molecular formula is C30H20F6N2O3. The van der Waals surface area contributed by atoms with Gasteiger partial charge in [0.05, 0.1) is 11.1 Å². The second kappa shape index (κ2) is 12.0. The minimum absolute atomic E-state index is 0.247. The fourth-order valence-corrected chi connectivity index (χ4v) is 3.64. The molecule has 0 saturated heterocycles. The summed E-state index contributed by atoms with van der Waals surface area (Å²) in [6.45, 7) is 0. The van der Waals surface area contributed by atoms with Gasteiger partial charge in [0.15, 0.2) is 0 Å². The Morgan fingerprint density at radius 2 is 1.07 bits per heavy atom. The van der Waals surface area contributed by atoms with Crippen LogP contribution in [-0.2, 0) is 21.9 Å². The molecule has 4 aromatic rings. The second-order valence-electron chi connectivity index (χ2n) is 8.61. The van der Waals surface area contributed by atoms with E-state index in [0.717, 1.165) is 30.3 Å². The molecule has 0 unspecified atom stereocenters. The molecule has 210 valence electrons. The lowest BCUT2D eigenvalue weighted by Crippen LogP contribution is -2.25. The average molecular weight is 570 g/mol. The Labute approximate surface area is 230 Å². The molecule has 2 amide bonds. The summed E-state index contributed by atoms with van der Waals surface area (Å²) in [7, 11) is 0. The maximum atomic E-state index is 13.2. The molecule has 0 radical (unpaired) electrons. The van der Waals surface area contributed by atoms with Gasteiger partial charge in [0.1, 0.15) is 17.1 Å². The van der Waals surface area contributed by atoms with Gasteiger partial charge in [-0.05, 0) is 72.3 Å². The Morgan fingerprint density at radius 1 is 0.585 bits per heavy atom. The molecule has 0 aliphatic heterocycles. The first-order chi connectivity index (χ1) is 19.4. The zero-order valence-electron chi connectivity index (χ0n) is 20.9. The Kier molecular flexibility index (Phi) is 8.46. The molecule has 2 N–H and O–H groups in total. The molecule has 4 aromatic carbocycles. The van der Waals surface area contributed by atoms with Gasteiger partial charge in [-0.25, -0.2) is 0 Å². The van der Waals surface area contributed by atoms with Gasteiger partial charge in [0.25, 0.3) is 11.8 Å². The van der Waals surface area contributed by atoms with Crippen LogP contribution in [-0.4, -0.2) is 11.8 Å². The third-order valence-corrected chi connectivity index (χ3v) is 5.53. The molecule has 0 aliphatic rings. The van der Waals surface area contributed by atoms with E-state index in [9.17, 15) is 35.9 Å². The van der Waals surface area contributed by atoms with Crippen LogP contribution in [0.1, 0.15) is 16.7 Å². The molecule has 0 heterocycles. The average Bonchev–Trinajstić information content (AvgIpc) is 2.92. The van der Waals surface area contributed by atoms with Crippen LogP contribution in [0, 0.1) is 0 Å². The van der Waals surface area contributed by atoms with E-state index in [1.165, 1.54) is 24.3 Å². The van der Waals surface area contributed by atoms with E-state index in [1.54, 1.807) is 42.5 Å². The summed E-state index contributed by atoms with van der Waals surface area (Å²) in [5, 5.41) is 4.50. The highest BCUT2D eigenvalue weighted by Crippen LogP contribution is 2.32. The number of carbonyl (C=O) groups excluding carboxylic acids is 2. The first kappa shape index (κ1) is 28.9. The summed E-state index contributed by atoms with van der Waals surface area (Å²) in [6, 6.07) is 22.5. The van der Waals surface area contributed by atoms with Crippen molar-refractivity contribution in [3.8, 4) is 11.5 Å². The Bertz CT molecular complexity index is 1510. The lowest BCUT2D eigenvalue weighted by Gasteiger charge is -2.13. The van der Waals surface area contributed by atoms with Gasteiger partial charge in [0, 0.05) is 11.4 Å². The number of carbonyl (C=O) groups is 2. The highest BCUT2D eigenvalue weighted by Gasteiger charge is 2.32. The predicted octanol–water partition coefficient (Wildman–Crippen LogP) is 8.18. The molecule has 4 rings (SSSR count). The molecule has 0 aliphatic carbocycles. The van der Waals surface area contributed by atoms with Gasteiger partial charge in [-0.15, -0.1) is 0 Å². The highest BCUT2D eigenvalue weighted by molar-refractivity contribution is 6.28. The predicted molar refractivity (Wildman–Crippen MR) is 141 cm³/mol. The van der Waals surface area contributed by atoms with Crippen LogP contribution < -0.4 is 15.4 Å². The number of hydrogen-bond acceptors (Lipinski definition) is 3. The maximum Gasteiger partial charge on any atom is 0.416 e. The third kappa shape index (κ3) is 7.98. The number of rotatable bonds is 7. The van der Waals surface area contributed by atoms with Gasteiger partial charge < -0.3 is 15.4 Å². The number of benzene rings is 4. The number of para-hydroxylation sites is 1. The first-order valence-corrected chi connectivity index (χ1v) is 11.9. The lowest BCUT2D eigenvalue weighted by molar-refractivity contribution is -0.138. The summed E-state index contributed by atoms with van der Waals surface area (Å²) in [4.78, 5) is 26.4. The molecule has 0 saturated carbocycles. The van der Waals surface area contributed by atoms with E-state index in [0.29, 0.717) is 29.2 Å². The minimum Gasteiger partial charge on any atom is -0.457 e. The van der Waals surface area contributed by atoms with Crippen molar-refractivity contribution in [2.75, 3.05) is 10.6 Å². The molecule has 5 nitrogen and oxygen atoms in total. The number of nitrogens with one attached hydrogen (secondary N) is 2. The molecule has 0 bridgehead atoms. The normalized spacial score (nSPS) is 11.4. The quantitative estimate of drug-likeness (QED) is 0.102. The monoisotopic (exact) mass is 570 g/mol. The van der Waals surface area contributed by atoms with Crippen molar-refractivity contribution < 1.29 is 40.7 Å². The van der Waals surface area contributed by atoms with Crippen molar-refractivity contribution in [2.45, 2.75) is 12.4 Å².